The Labute approximate surface area is 144 Å². The first-order valence-electron chi connectivity index (χ1n) is 5.54. The van der Waals surface area contributed by atoms with Crippen LogP contribution in [0, 0.1) is 0 Å². The zero-order valence-electron chi connectivity index (χ0n) is 11.5. The van der Waals surface area contributed by atoms with Crippen LogP contribution in [-0.4, -0.2) is 35.9 Å². The van der Waals surface area contributed by atoms with Gasteiger partial charge in [0.25, 0.3) is 0 Å². The van der Waals surface area contributed by atoms with Crippen LogP contribution in [0.3, 0.4) is 0 Å². The van der Waals surface area contributed by atoms with Crippen LogP contribution in [0.4, 0.5) is 0 Å². The van der Waals surface area contributed by atoms with E-state index in [0.29, 0.717) is 17.2 Å². The van der Waals surface area contributed by atoms with E-state index in [-0.39, 0.29) is 27.4 Å². The van der Waals surface area contributed by atoms with E-state index < -0.39 is 0 Å². The second-order valence-electron chi connectivity index (χ2n) is 3.42. The van der Waals surface area contributed by atoms with Crippen molar-refractivity contribution in [1.82, 2.24) is 10.9 Å². The van der Waals surface area contributed by atoms with Crippen molar-refractivity contribution in [1.29, 1.82) is 0 Å². The number of hydrazone groups is 2. The molecule has 0 spiro atoms. The molecule has 0 aliphatic heterocycles. The van der Waals surface area contributed by atoms with Crippen LogP contribution >= 0.6 is 0 Å². The molecule has 0 aromatic carbocycles. The maximum absolute atomic E-state index is 5.31. The topological polar surface area (TPSA) is 86.6 Å². The van der Waals surface area contributed by atoms with Crippen molar-refractivity contribution in [3.05, 3.63) is 24.2 Å². The van der Waals surface area contributed by atoms with Gasteiger partial charge in [-0.15, -0.1) is 0 Å². The number of aliphatic imine (C=N–C) groups is 2. The second kappa shape index (κ2) is 10.3. The molecule has 1 rings (SSSR count). The molecule has 0 bridgehead atoms. The molecule has 0 unspecified atom stereocenters. The van der Waals surface area contributed by atoms with Gasteiger partial charge in [0.05, 0.1) is 12.0 Å². The summed E-state index contributed by atoms with van der Waals surface area (Å²) in [6.45, 7) is 1.75. The second-order valence-corrected chi connectivity index (χ2v) is 4.19. The Morgan fingerprint density at radius 3 is 2.14 bits per heavy atom. The van der Waals surface area contributed by atoms with Crippen molar-refractivity contribution in [2.24, 2.45) is 20.2 Å². The quantitative estimate of drug-likeness (QED) is 0.265. The minimum atomic E-state index is 0. The molecule has 0 fully saturated rings. The smallest absolute Gasteiger partial charge is 0.741 e. The predicted molar refractivity (Wildman–Crippen MR) is 86.1 cm³/mol. The van der Waals surface area contributed by atoms with E-state index in [4.69, 9.17) is 29.7 Å². The Morgan fingerprint density at radius 2 is 1.67 bits per heavy atom. The van der Waals surface area contributed by atoms with E-state index in [0.717, 1.165) is 0 Å². The maximum atomic E-state index is 5.31. The third-order valence-electron chi connectivity index (χ3n) is 2.09. The first-order chi connectivity index (χ1) is 9.58. The Morgan fingerprint density at radius 1 is 1.10 bits per heavy atom. The van der Waals surface area contributed by atoms with Gasteiger partial charge >= 0.3 is 17.1 Å². The molecule has 1 aromatic rings. The van der Waals surface area contributed by atoms with Crippen LogP contribution in [0.5, 0.6) is 0 Å². The molecule has 0 amide bonds. The molecule has 0 aliphatic rings. The maximum Gasteiger partial charge on any atom is 2.00 e. The van der Waals surface area contributed by atoms with E-state index in [1.54, 1.807) is 39.4 Å². The minimum absolute atomic E-state index is 0. The van der Waals surface area contributed by atoms with Gasteiger partial charge in [-0.05, 0) is 29.4 Å². The van der Waals surface area contributed by atoms with Gasteiger partial charge in [0.15, 0.2) is 5.76 Å². The number of nitrogens with one attached hydrogen (secondary N) is 2. The molecule has 1 heterocycles. The first kappa shape index (κ1) is 19.5. The molecule has 117 valence electrons. The molecule has 0 atom stereocenters. The Hall–Kier alpha value is -1.48. The van der Waals surface area contributed by atoms with E-state index in [1.807, 2.05) is 0 Å². The van der Waals surface area contributed by atoms with E-state index >= 15 is 0 Å². The number of nitrogens with zero attached hydrogens (tertiary/aromatic N) is 4. The standard InChI is InChI=1S/C11H16N6OS2.Cu/c1-7(14-16-10(19)12-2)9(8-5-4-6-18-8)15-17-11(20)13-3;/h4-6H,1-3H3,(H2,12,16,19)(H2,13,17,20);/q;+2/p-2/b14-7+,15-9-;. The molecule has 0 aliphatic carbocycles. The van der Waals surface area contributed by atoms with Gasteiger partial charge in [0, 0.05) is 14.1 Å². The zero-order chi connectivity index (χ0) is 15.0. The van der Waals surface area contributed by atoms with Crippen LogP contribution in [0.15, 0.2) is 43.0 Å². The van der Waals surface area contributed by atoms with E-state index in [9.17, 15) is 0 Å². The van der Waals surface area contributed by atoms with Gasteiger partial charge in [-0.2, -0.15) is 10.2 Å². The summed E-state index contributed by atoms with van der Waals surface area (Å²) in [6, 6.07) is 3.51. The molecular formula is C11H14CuN6OS2. The summed E-state index contributed by atoms with van der Waals surface area (Å²) in [7, 11) is 3.14. The molecule has 0 saturated heterocycles. The molecule has 1 aromatic heterocycles. The fourth-order valence-corrected chi connectivity index (χ4v) is 1.21. The van der Waals surface area contributed by atoms with Gasteiger partial charge in [-0.1, -0.05) is 0 Å². The van der Waals surface area contributed by atoms with E-state index in [2.05, 4.69) is 31.0 Å². The van der Waals surface area contributed by atoms with Gasteiger partial charge in [0.1, 0.15) is 5.71 Å². The summed E-state index contributed by atoms with van der Waals surface area (Å²) in [6.07, 6.45) is 1.54. The van der Waals surface area contributed by atoms with Crippen molar-refractivity contribution >= 4 is 47.0 Å². The molecule has 2 N–H and O–H groups in total. The molecular weight excluding hydrogens is 360 g/mol. The van der Waals surface area contributed by atoms with E-state index in [1.165, 1.54) is 0 Å². The monoisotopic (exact) mass is 373 g/mol. The van der Waals surface area contributed by atoms with Gasteiger partial charge in [0.2, 0.25) is 0 Å². The SMILES string of the molecule is CN=C([S-])N/N=C(/C(C)=N/NC([S-])=NC)c1ccco1.[Cu+2]. The molecule has 1 radical (unpaired) electrons. The summed E-state index contributed by atoms with van der Waals surface area (Å²) in [5.41, 5.74) is 6.29. The number of rotatable bonds is 4. The first-order valence-corrected chi connectivity index (χ1v) is 6.36. The average molecular weight is 374 g/mol. The minimum Gasteiger partial charge on any atom is -0.741 e. The van der Waals surface area contributed by atoms with Crippen molar-refractivity contribution in [3.8, 4) is 0 Å². The van der Waals surface area contributed by atoms with Crippen LogP contribution < -0.4 is 10.9 Å². The summed E-state index contributed by atoms with van der Waals surface area (Å²) in [4.78, 5) is 7.55. The van der Waals surface area contributed by atoms with Crippen molar-refractivity contribution < 1.29 is 21.5 Å². The normalized spacial score (nSPS) is 13.7. The van der Waals surface area contributed by atoms with Crippen LogP contribution in [0.25, 0.3) is 0 Å². The van der Waals surface area contributed by atoms with Crippen molar-refractivity contribution in [3.63, 3.8) is 0 Å². The number of hydrogen-bond acceptors (Lipinski definition) is 7. The Kier molecular flexibility index (Phi) is 9.55. The third-order valence-corrected chi connectivity index (χ3v) is 2.63. The molecule has 7 nitrogen and oxygen atoms in total. The third kappa shape index (κ3) is 6.67. The summed E-state index contributed by atoms with van der Waals surface area (Å²) < 4.78 is 5.31. The Bertz CT molecular complexity index is 553. The molecule has 10 heteroatoms. The summed E-state index contributed by atoms with van der Waals surface area (Å²) >= 11 is 9.79. The Balaban J connectivity index is 0.00000400. The van der Waals surface area contributed by atoms with Crippen LogP contribution in [0.2, 0.25) is 0 Å². The summed E-state index contributed by atoms with van der Waals surface area (Å²) in [5, 5.41) is 8.75. The number of hydrogen-bond donors (Lipinski definition) is 2. The fourth-order valence-electron chi connectivity index (χ4n) is 1.12. The zero-order valence-corrected chi connectivity index (χ0v) is 14.1. The average Bonchev–Trinajstić information content (AvgIpc) is 2.98. The van der Waals surface area contributed by atoms with Gasteiger partial charge in [-0.3, -0.25) is 20.8 Å². The summed E-state index contributed by atoms with van der Waals surface area (Å²) in [5.74, 6) is 0.541. The predicted octanol–water partition coefficient (Wildman–Crippen LogP) is 0.602. The van der Waals surface area contributed by atoms with Crippen molar-refractivity contribution in [2.75, 3.05) is 14.1 Å². The number of amidine groups is 2. The molecule has 21 heavy (non-hydrogen) atoms. The fraction of sp³-hybridized carbons (Fsp3) is 0.273. The largest absolute Gasteiger partial charge is 2.00 e. The molecule has 0 saturated carbocycles. The van der Waals surface area contributed by atoms with Gasteiger partial charge < -0.3 is 29.7 Å². The van der Waals surface area contributed by atoms with Gasteiger partial charge in [-0.25, -0.2) is 0 Å². The number of furan rings is 1. The van der Waals surface area contributed by atoms with Crippen LogP contribution in [-0.2, 0) is 42.3 Å². The van der Waals surface area contributed by atoms with Crippen LogP contribution in [0.1, 0.15) is 12.7 Å². The van der Waals surface area contributed by atoms with Crippen molar-refractivity contribution in [2.45, 2.75) is 6.92 Å².